The highest BCUT2D eigenvalue weighted by Crippen LogP contribution is 2.24. The van der Waals surface area contributed by atoms with Crippen LogP contribution in [0, 0.1) is 0 Å². The molecule has 0 aromatic carbocycles. The van der Waals surface area contributed by atoms with Crippen molar-refractivity contribution in [2.24, 2.45) is 0 Å². The summed E-state index contributed by atoms with van der Waals surface area (Å²) in [5, 5.41) is 7.33. The second-order valence-corrected chi connectivity index (χ2v) is 5.09. The normalized spacial score (nSPS) is 12.8. The number of thioether (sulfide) groups is 1. The predicted molar refractivity (Wildman–Crippen MR) is 67.0 cm³/mol. The summed E-state index contributed by atoms with van der Waals surface area (Å²) >= 11 is 1.35. The molecule has 0 saturated heterocycles. The summed E-state index contributed by atoms with van der Waals surface area (Å²) in [6.07, 6.45) is 0.703. The Morgan fingerprint density at radius 1 is 1.47 bits per heavy atom. The molecule has 1 aromatic rings. The lowest BCUT2D eigenvalue weighted by Gasteiger charge is -2.10. The third-order valence-electron chi connectivity index (χ3n) is 2.20. The minimum Gasteiger partial charge on any atom is -0.465 e. The van der Waals surface area contributed by atoms with Crippen LogP contribution in [0.15, 0.2) is 5.16 Å². The smallest absolute Gasteiger partial charge is 0.319 e. The summed E-state index contributed by atoms with van der Waals surface area (Å²) in [6.45, 7) is 8.24. The maximum atomic E-state index is 11.6. The Bertz CT molecular complexity index is 365. The van der Waals surface area contributed by atoms with Gasteiger partial charge in [0.05, 0.1) is 6.61 Å². The number of rotatable bonds is 6. The predicted octanol–water partition coefficient (Wildman–Crippen LogP) is 2.36. The summed E-state index contributed by atoms with van der Waals surface area (Å²) in [5.74, 6) is 0.946. The van der Waals surface area contributed by atoms with Crippen LogP contribution in [-0.2, 0) is 9.53 Å². The number of ether oxygens (including phenoxy) is 1. The Balaban J connectivity index is 2.63. The van der Waals surface area contributed by atoms with E-state index in [9.17, 15) is 4.79 Å². The van der Waals surface area contributed by atoms with Gasteiger partial charge in [0.15, 0.2) is 0 Å². The van der Waals surface area contributed by atoms with E-state index in [1.807, 2.05) is 20.8 Å². The van der Waals surface area contributed by atoms with Gasteiger partial charge in [-0.05, 0) is 13.3 Å². The van der Waals surface area contributed by atoms with Crippen LogP contribution < -0.4 is 0 Å². The number of H-pyrrole nitrogens is 1. The molecule has 1 atom stereocenters. The van der Waals surface area contributed by atoms with E-state index in [1.165, 1.54) is 11.8 Å². The fourth-order valence-corrected chi connectivity index (χ4v) is 2.06. The standard InChI is InChI=1S/C11H19N3O2S/c1-5-8(10(15)16-6-2)17-11-12-9(7(3)4)13-14-11/h7-8H,5-6H2,1-4H3,(H,12,13,14). The fourth-order valence-electron chi connectivity index (χ4n) is 1.23. The van der Waals surface area contributed by atoms with E-state index >= 15 is 0 Å². The van der Waals surface area contributed by atoms with Crippen LogP contribution >= 0.6 is 11.8 Å². The third-order valence-corrected chi connectivity index (χ3v) is 3.40. The molecule has 0 spiro atoms. The Morgan fingerprint density at radius 3 is 2.65 bits per heavy atom. The molecule has 17 heavy (non-hydrogen) atoms. The molecule has 96 valence electrons. The SMILES string of the molecule is CCOC(=O)C(CC)Sc1n[nH]c(C(C)C)n1. The Hall–Kier alpha value is -1.04. The maximum Gasteiger partial charge on any atom is 0.319 e. The summed E-state index contributed by atoms with van der Waals surface area (Å²) in [6, 6.07) is 0. The molecule has 0 saturated carbocycles. The zero-order valence-corrected chi connectivity index (χ0v) is 11.5. The molecule has 1 unspecified atom stereocenters. The van der Waals surface area contributed by atoms with E-state index < -0.39 is 0 Å². The largest absolute Gasteiger partial charge is 0.465 e. The van der Waals surface area contributed by atoms with Gasteiger partial charge in [-0.15, -0.1) is 5.10 Å². The van der Waals surface area contributed by atoms with Gasteiger partial charge in [0.2, 0.25) is 5.16 Å². The van der Waals surface area contributed by atoms with Crippen molar-refractivity contribution in [3.05, 3.63) is 5.82 Å². The van der Waals surface area contributed by atoms with Crippen LogP contribution in [0.2, 0.25) is 0 Å². The molecule has 5 nitrogen and oxygen atoms in total. The molecule has 6 heteroatoms. The van der Waals surface area contributed by atoms with Gasteiger partial charge < -0.3 is 4.74 Å². The number of nitrogens with zero attached hydrogens (tertiary/aromatic N) is 2. The lowest BCUT2D eigenvalue weighted by Crippen LogP contribution is -2.19. The zero-order chi connectivity index (χ0) is 12.8. The van der Waals surface area contributed by atoms with Crippen molar-refractivity contribution in [2.45, 2.75) is 50.4 Å². The van der Waals surface area contributed by atoms with Gasteiger partial charge in [-0.1, -0.05) is 32.5 Å². The highest BCUT2D eigenvalue weighted by atomic mass is 32.2. The van der Waals surface area contributed by atoms with E-state index in [4.69, 9.17) is 4.74 Å². The van der Waals surface area contributed by atoms with E-state index in [1.54, 1.807) is 6.92 Å². The van der Waals surface area contributed by atoms with Crippen molar-refractivity contribution in [1.82, 2.24) is 15.2 Å². The molecular formula is C11H19N3O2S. The monoisotopic (exact) mass is 257 g/mol. The van der Waals surface area contributed by atoms with Crippen LogP contribution in [0.4, 0.5) is 0 Å². The number of nitrogens with one attached hydrogen (secondary N) is 1. The van der Waals surface area contributed by atoms with Crippen molar-refractivity contribution in [3.8, 4) is 0 Å². The van der Waals surface area contributed by atoms with Crippen molar-refractivity contribution < 1.29 is 9.53 Å². The summed E-state index contributed by atoms with van der Waals surface area (Å²) in [5.41, 5.74) is 0. The third kappa shape index (κ3) is 4.03. The quantitative estimate of drug-likeness (QED) is 0.626. The van der Waals surface area contributed by atoms with Gasteiger partial charge in [-0.3, -0.25) is 9.89 Å². The number of carbonyl (C=O) groups is 1. The van der Waals surface area contributed by atoms with E-state index in [-0.39, 0.29) is 11.2 Å². The number of hydrogen-bond donors (Lipinski definition) is 1. The van der Waals surface area contributed by atoms with Crippen molar-refractivity contribution in [2.75, 3.05) is 6.61 Å². The average Bonchev–Trinajstić information content (AvgIpc) is 2.74. The lowest BCUT2D eigenvalue weighted by atomic mass is 10.2. The Morgan fingerprint density at radius 2 is 2.18 bits per heavy atom. The summed E-state index contributed by atoms with van der Waals surface area (Å²) in [4.78, 5) is 15.9. The van der Waals surface area contributed by atoms with Crippen LogP contribution in [0.3, 0.4) is 0 Å². The molecule has 0 amide bonds. The molecule has 0 bridgehead atoms. The lowest BCUT2D eigenvalue weighted by molar-refractivity contribution is -0.142. The summed E-state index contributed by atoms with van der Waals surface area (Å²) < 4.78 is 5.00. The van der Waals surface area contributed by atoms with Gasteiger partial charge in [0, 0.05) is 5.92 Å². The van der Waals surface area contributed by atoms with Crippen molar-refractivity contribution in [3.63, 3.8) is 0 Å². The van der Waals surface area contributed by atoms with E-state index in [0.29, 0.717) is 24.1 Å². The highest BCUT2D eigenvalue weighted by Gasteiger charge is 2.21. The molecule has 1 aromatic heterocycles. The average molecular weight is 257 g/mol. The van der Waals surface area contributed by atoms with Gasteiger partial charge in [0.1, 0.15) is 11.1 Å². The number of carbonyl (C=O) groups excluding carboxylic acids is 1. The minimum absolute atomic E-state index is 0.198. The molecule has 1 rings (SSSR count). The van der Waals surface area contributed by atoms with Crippen LogP contribution in [-0.4, -0.2) is 33.0 Å². The molecule has 1 N–H and O–H groups in total. The van der Waals surface area contributed by atoms with Gasteiger partial charge in [-0.25, -0.2) is 4.98 Å². The summed E-state index contributed by atoms with van der Waals surface area (Å²) in [7, 11) is 0. The molecule has 0 fully saturated rings. The van der Waals surface area contributed by atoms with Crippen LogP contribution in [0.25, 0.3) is 0 Å². The second kappa shape index (κ2) is 6.64. The Kier molecular flexibility index (Phi) is 5.47. The molecule has 0 aliphatic carbocycles. The zero-order valence-electron chi connectivity index (χ0n) is 10.7. The number of hydrogen-bond acceptors (Lipinski definition) is 5. The van der Waals surface area contributed by atoms with E-state index in [0.717, 1.165) is 5.82 Å². The molecule has 0 radical (unpaired) electrons. The van der Waals surface area contributed by atoms with E-state index in [2.05, 4.69) is 15.2 Å². The first-order chi connectivity index (χ1) is 8.08. The first kappa shape index (κ1) is 14.0. The molecule has 1 heterocycles. The topological polar surface area (TPSA) is 67.9 Å². The molecule has 0 aliphatic rings. The minimum atomic E-state index is -0.231. The van der Waals surface area contributed by atoms with Gasteiger partial charge in [0.25, 0.3) is 0 Å². The van der Waals surface area contributed by atoms with Gasteiger partial charge >= 0.3 is 5.97 Å². The fraction of sp³-hybridized carbons (Fsp3) is 0.727. The molecule has 0 aliphatic heterocycles. The first-order valence-corrected chi connectivity index (χ1v) is 6.72. The Labute approximate surface area is 106 Å². The van der Waals surface area contributed by atoms with Crippen molar-refractivity contribution >= 4 is 17.7 Å². The second-order valence-electron chi connectivity index (χ2n) is 3.92. The number of aromatic amines is 1. The van der Waals surface area contributed by atoms with Crippen LogP contribution in [0.5, 0.6) is 0 Å². The highest BCUT2D eigenvalue weighted by molar-refractivity contribution is 8.00. The first-order valence-electron chi connectivity index (χ1n) is 5.84. The molecular weight excluding hydrogens is 238 g/mol. The van der Waals surface area contributed by atoms with Crippen molar-refractivity contribution in [1.29, 1.82) is 0 Å². The van der Waals surface area contributed by atoms with Crippen LogP contribution in [0.1, 0.15) is 45.9 Å². The maximum absolute atomic E-state index is 11.6. The number of aromatic nitrogens is 3. The number of esters is 1. The van der Waals surface area contributed by atoms with Gasteiger partial charge in [-0.2, -0.15) is 0 Å².